The molecule has 0 unspecified atom stereocenters. The quantitative estimate of drug-likeness (QED) is 0.667. The van der Waals surface area contributed by atoms with Crippen molar-refractivity contribution < 1.29 is 9.59 Å². The third-order valence-electron chi connectivity index (χ3n) is 5.11. The van der Waals surface area contributed by atoms with Gasteiger partial charge < -0.3 is 20.5 Å². The van der Waals surface area contributed by atoms with Crippen molar-refractivity contribution in [3.05, 3.63) is 33.2 Å². The van der Waals surface area contributed by atoms with Gasteiger partial charge in [-0.3, -0.25) is 14.4 Å². The first-order valence-corrected chi connectivity index (χ1v) is 9.36. The van der Waals surface area contributed by atoms with E-state index in [9.17, 15) is 14.4 Å². The molecule has 1 aliphatic heterocycles. The summed E-state index contributed by atoms with van der Waals surface area (Å²) in [4.78, 5) is 42.1. The van der Waals surface area contributed by atoms with E-state index in [1.54, 1.807) is 0 Å². The van der Waals surface area contributed by atoms with Crippen LogP contribution in [0.15, 0.2) is 10.9 Å². The highest BCUT2D eigenvalue weighted by Gasteiger charge is 2.32. The van der Waals surface area contributed by atoms with Gasteiger partial charge in [0, 0.05) is 50.4 Å². The van der Waals surface area contributed by atoms with Gasteiger partial charge in [0.05, 0.1) is 0 Å². The summed E-state index contributed by atoms with van der Waals surface area (Å²) >= 11 is 0. The number of piperazine rings is 1. The van der Waals surface area contributed by atoms with E-state index < -0.39 is 11.5 Å². The molecule has 2 aliphatic rings. The molecule has 1 amide bonds. The minimum atomic E-state index is -0.422. The zero-order valence-electron chi connectivity index (χ0n) is 15.6. The van der Waals surface area contributed by atoms with Crippen LogP contribution < -0.4 is 16.2 Å². The molecule has 0 atom stereocenters. The van der Waals surface area contributed by atoms with Crippen LogP contribution in [-0.4, -0.2) is 60.8 Å². The summed E-state index contributed by atoms with van der Waals surface area (Å²) < 4.78 is 0. The Balaban J connectivity index is 1.60. The predicted octanol–water partition coefficient (Wildman–Crippen LogP) is 0.555. The number of pyridine rings is 1. The highest BCUT2D eigenvalue weighted by atomic mass is 16.2. The summed E-state index contributed by atoms with van der Waals surface area (Å²) in [7, 11) is 0. The second kappa shape index (κ2) is 7.72. The molecule has 3 N–H and O–H groups in total. The van der Waals surface area contributed by atoms with Crippen molar-refractivity contribution in [1.29, 1.82) is 0 Å². The molecule has 0 bridgehead atoms. The molecule has 1 aliphatic carbocycles. The standard InChI is InChI=1S/C19H28N4O3/c1-19(2)11-15-13(16(24)12-19)10-14(18(26)22-15)17(25)21-4-3-7-23-8-5-20-6-9-23/h10,20H,3-9,11-12H2,1-2H3,(H,21,25)(H,22,26). The molecule has 1 fully saturated rings. The van der Waals surface area contributed by atoms with E-state index in [0.29, 0.717) is 30.6 Å². The van der Waals surface area contributed by atoms with E-state index in [1.807, 2.05) is 13.8 Å². The number of ketones is 1. The first-order valence-electron chi connectivity index (χ1n) is 9.36. The smallest absolute Gasteiger partial charge is 0.261 e. The molecule has 0 aromatic carbocycles. The van der Waals surface area contributed by atoms with Gasteiger partial charge in [-0.2, -0.15) is 0 Å². The van der Waals surface area contributed by atoms with Gasteiger partial charge in [0.15, 0.2) is 5.78 Å². The van der Waals surface area contributed by atoms with Crippen molar-refractivity contribution in [2.75, 3.05) is 39.3 Å². The monoisotopic (exact) mass is 360 g/mol. The summed E-state index contributed by atoms with van der Waals surface area (Å²) in [6, 6.07) is 1.47. The number of hydrogen-bond acceptors (Lipinski definition) is 5. The Morgan fingerprint density at radius 2 is 1.96 bits per heavy atom. The first kappa shape index (κ1) is 18.8. The number of nitrogens with zero attached hydrogens (tertiary/aromatic N) is 1. The highest BCUT2D eigenvalue weighted by Crippen LogP contribution is 2.33. The summed E-state index contributed by atoms with van der Waals surface area (Å²) in [5.41, 5.74) is 0.565. The summed E-state index contributed by atoms with van der Waals surface area (Å²) in [5, 5.41) is 6.11. The Morgan fingerprint density at radius 3 is 2.69 bits per heavy atom. The zero-order chi connectivity index (χ0) is 18.7. The fourth-order valence-corrected chi connectivity index (χ4v) is 3.73. The van der Waals surface area contributed by atoms with Crippen molar-refractivity contribution in [3.8, 4) is 0 Å². The molecule has 142 valence electrons. The van der Waals surface area contributed by atoms with Crippen LogP contribution in [0.2, 0.25) is 0 Å². The van der Waals surface area contributed by atoms with Gasteiger partial charge in [0.2, 0.25) is 0 Å². The second-order valence-electron chi connectivity index (χ2n) is 8.05. The third-order valence-corrected chi connectivity index (χ3v) is 5.11. The van der Waals surface area contributed by atoms with E-state index in [0.717, 1.165) is 39.1 Å². The predicted molar refractivity (Wildman–Crippen MR) is 99.8 cm³/mol. The fourth-order valence-electron chi connectivity index (χ4n) is 3.73. The Kier molecular flexibility index (Phi) is 5.58. The van der Waals surface area contributed by atoms with Gasteiger partial charge >= 0.3 is 0 Å². The molecule has 7 nitrogen and oxygen atoms in total. The molecular weight excluding hydrogens is 332 g/mol. The molecule has 1 aromatic heterocycles. The Labute approximate surface area is 153 Å². The maximum absolute atomic E-state index is 12.4. The number of carbonyl (C=O) groups excluding carboxylic acids is 2. The maximum Gasteiger partial charge on any atom is 0.261 e. The van der Waals surface area contributed by atoms with Crippen LogP contribution in [0, 0.1) is 5.41 Å². The van der Waals surface area contributed by atoms with Crippen LogP contribution in [0.4, 0.5) is 0 Å². The Bertz CT molecular complexity index is 748. The summed E-state index contributed by atoms with van der Waals surface area (Å²) in [6.45, 7) is 9.50. The molecule has 2 heterocycles. The van der Waals surface area contributed by atoms with Crippen LogP contribution >= 0.6 is 0 Å². The zero-order valence-corrected chi connectivity index (χ0v) is 15.6. The van der Waals surface area contributed by atoms with Crippen LogP contribution in [0.3, 0.4) is 0 Å². The number of aromatic amines is 1. The minimum Gasteiger partial charge on any atom is -0.352 e. The molecule has 1 aromatic rings. The summed E-state index contributed by atoms with van der Waals surface area (Å²) in [6.07, 6.45) is 1.90. The molecule has 1 saturated heterocycles. The van der Waals surface area contributed by atoms with Crippen LogP contribution in [0.5, 0.6) is 0 Å². The number of hydrogen-bond donors (Lipinski definition) is 3. The van der Waals surface area contributed by atoms with Gasteiger partial charge in [-0.05, 0) is 30.9 Å². The molecule has 0 spiro atoms. The van der Waals surface area contributed by atoms with E-state index in [1.165, 1.54) is 6.07 Å². The van der Waals surface area contributed by atoms with Gasteiger partial charge in [0.1, 0.15) is 5.56 Å². The lowest BCUT2D eigenvalue weighted by Crippen LogP contribution is -2.44. The number of aromatic nitrogens is 1. The van der Waals surface area contributed by atoms with Crippen molar-refractivity contribution in [2.45, 2.75) is 33.1 Å². The maximum atomic E-state index is 12.4. The molecule has 7 heteroatoms. The number of fused-ring (bicyclic) bond motifs is 1. The topological polar surface area (TPSA) is 94.3 Å². The number of Topliss-reactive ketones (excluding diaryl/α,β-unsaturated/α-hetero) is 1. The molecule has 3 rings (SSSR count). The first-order chi connectivity index (χ1) is 12.4. The van der Waals surface area contributed by atoms with Crippen molar-refractivity contribution >= 4 is 11.7 Å². The SMILES string of the molecule is CC1(C)CC(=O)c2cc(C(=O)NCCCN3CCNCC3)c(=O)[nH]c2C1. The van der Waals surface area contributed by atoms with Gasteiger partial charge in [-0.25, -0.2) is 0 Å². The lowest BCUT2D eigenvalue weighted by molar-refractivity contribution is 0.0910. The van der Waals surface area contributed by atoms with Crippen LogP contribution in [0.25, 0.3) is 0 Å². The minimum absolute atomic E-state index is 0.0137. The van der Waals surface area contributed by atoms with Crippen molar-refractivity contribution in [1.82, 2.24) is 20.5 Å². The van der Waals surface area contributed by atoms with E-state index in [-0.39, 0.29) is 16.8 Å². The van der Waals surface area contributed by atoms with E-state index >= 15 is 0 Å². The Morgan fingerprint density at radius 1 is 1.23 bits per heavy atom. The molecule has 0 saturated carbocycles. The van der Waals surface area contributed by atoms with Crippen LogP contribution in [0.1, 0.15) is 53.1 Å². The van der Waals surface area contributed by atoms with E-state index in [4.69, 9.17) is 0 Å². The molecule has 0 radical (unpaired) electrons. The average molecular weight is 360 g/mol. The summed E-state index contributed by atoms with van der Waals surface area (Å²) in [5.74, 6) is -0.424. The largest absolute Gasteiger partial charge is 0.352 e. The Hall–Kier alpha value is -1.99. The molecular formula is C19H28N4O3. The lowest BCUT2D eigenvalue weighted by atomic mass is 9.75. The lowest BCUT2D eigenvalue weighted by Gasteiger charge is -2.29. The van der Waals surface area contributed by atoms with Gasteiger partial charge in [-0.15, -0.1) is 0 Å². The normalized spacial score (nSPS) is 19.8. The van der Waals surface area contributed by atoms with Gasteiger partial charge in [-0.1, -0.05) is 13.8 Å². The number of H-pyrrole nitrogens is 1. The third kappa shape index (κ3) is 4.40. The van der Waals surface area contributed by atoms with Gasteiger partial charge in [0.25, 0.3) is 11.5 Å². The van der Waals surface area contributed by atoms with Crippen LogP contribution in [-0.2, 0) is 6.42 Å². The number of amides is 1. The molecule has 26 heavy (non-hydrogen) atoms. The fraction of sp³-hybridized carbons (Fsp3) is 0.632. The van der Waals surface area contributed by atoms with Crippen molar-refractivity contribution in [3.63, 3.8) is 0 Å². The number of nitrogens with one attached hydrogen (secondary N) is 3. The van der Waals surface area contributed by atoms with E-state index in [2.05, 4.69) is 20.5 Å². The number of rotatable bonds is 5. The average Bonchev–Trinajstić information content (AvgIpc) is 2.58. The van der Waals surface area contributed by atoms with Crippen molar-refractivity contribution in [2.24, 2.45) is 5.41 Å². The number of carbonyl (C=O) groups is 2. The highest BCUT2D eigenvalue weighted by molar-refractivity contribution is 6.02. The second-order valence-corrected chi connectivity index (χ2v) is 8.05.